The molecule has 0 heterocycles. The number of anilines is 1. The van der Waals surface area contributed by atoms with Crippen LogP contribution in [0, 0.1) is 5.82 Å². The lowest BCUT2D eigenvalue weighted by molar-refractivity contribution is 0.102. The van der Waals surface area contributed by atoms with Crippen LogP contribution in [0.25, 0.3) is 0 Å². The molecule has 19 heavy (non-hydrogen) atoms. The predicted octanol–water partition coefficient (Wildman–Crippen LogP) is 5.15. The highest BCUT2D eigenvalue weighted by Gasteiger charge is 2.14. The van der Waals surface area contributed by atoms with Crippen LogP contribution in [0.3, 0.4) is 0 Å². The van der Waals surface area contributed by atoms with E-state index in [9.17, 15) is 9.18 Å². The van der Waals surface area contributed by atoms with Crippen molar-refractivity contribution in [2.24, 2.45) is 0 Å². The summed E-state index contributed by atoms with van der Waals surface area (Å²) in [5, 5.41) is 2.96. The second-order valence-corrected chi connectivity index (χ2v) is 5.35. The second-order valence-electron chi connectivity index (χ2n) is 3.68. The van der Waals surface area contributed by atoms with E-state index in [1.54, 1.807) is 18.2 Å². The SMILES string of the molecule is O=C(Nc1ccc(Cl)cc1Br)c1cccc(F)c1Cl. The summed E-state index contributed by atoms with van der Waals surface area (Å²) in [6.07, 6.45) is 0. The van der Waals surface area contributed by atoms with Crippen molar-refractivity contribution < 1.29 is 9.18 Å². The quantitative estimate of drug-likeness (QED) is 0.786. The molecule has 0 fully saturated rings. The molecule has 1 amide bonds. The molecule has 6 heteroatoms. The highest BCUT2D eigenvalue weighted by molar-refractivity contribution is 9.10. The van der Waals surface area contributed by atoms with Gasteiger partial charge in [-0.05, 0) is 46.3 Å². The molecule has 0 aliphatic rings. The van der Waals surface area contributed by atoms with Gasteiger partial charge in [-0.1, -0.05) is 29.3 Å². The molecule has 2 aromatic carbocycles. The molecular weight excluding hydrogens is 356 g/mol. The average molecular weight is 363 g/mol. The van der Waals surface area contributed by atoms with E-state index < -0.39 is 11.7 Å². The van der Waals surface area contributed by atoms with Crippen LogP contribution in [0.5, 0.6) is 0 Å². The molecule has 1 N–H and O–H groups in total. The van der Waals surface area contributed by atoms with E-state index in [0.717, 1.165) is 0 Å². The van der Waals surface area contributed by atoms with E-state index in [-0.39, 0.29) is 10.6 Å². The van der Waals surface area contributed by atoms with Crippen molar-refractivity contribution in [3.63, 3.8) is 0 Å². The Morgan fingerprint density at radius 3 is 2.63 bits per heavy atom. The van der Waals surface area contributed by atoms with Gasteiger partial charge in [0.25, 0.3) is 5.91 Å². The maximum absolute atomic E-state index is 13.3. The molecule has 98 valence electrons. The summed E-state index contributed by atoms with van der Waals surface area (Å²) in [6.45, 7) is 0. The molecule has 0 aromatic heterocycles. The Hall–Kier alpha value is -1.10. The fourth-order valence-corrected chi connectivity index (χ4v) is 2.45. The minimum Gasteiger partial charge on any atom is -0.321 e. The Morgan fingerprint density at radius 2 is 1.95 bits per heavy atom. The first-order valence-electron chi connectivity index (χ1n) is 5.19. The molecule has 0 unspecified atom stereocenters. The number of nitrogens with one attached hydrogen (secondary N) is 1. The van der Waals surface area contributed by atoms with Gasteiger partial charge in [-0.25, -0.2) is 4.39 Å². The summed E-state index contributed by atoms with van der Waals surface area (Å²) in [5.41, 5.74) is 0.596. The van der Waals surface area contributed by atoms with Crippen molar-refractivity contribution in [2.75, 3.05) is 5.32 Å². The Balaban J connectivity index is 2.28. The predicted molar refractivity (Wildman–Crippen MR) is 78.5 cm³/mol. The fraction of sp³-hybridized carbons (Fsp3) is 0. The Morgan fingerprint density at radius 1 is 1.21 bits per heavy atom. The maximum Gasteiger partial charge on any atom is 0.257 e. The molecule has 0 atom stereocenters. The van der Waals surface area contributed by atoms with Gasteiger partial charge in [0.15, 0.2) is 0 Å². The molecule has 0 aliphatic heterocycles. The van der Waals surface area contributed by atoms with Crippen LogP contribution in [0.1, 0.15) is 10.4 Å². The zero-order chi connectivity index (χ0) is 14.0. The van der Waals surface area contributed by atoms with Gasteiger partial charge in [-0.15, -0.1) is 0 Å². The molecule has 0 radical (unpaired) electrons. The number of rotatable bonds is 2. The monoisotopic (exact) mass is 361 g/mol. The molecule has 0 aliphatic carbocycles. The minimum absolute atomic E-state index is 0.0727. The Labute approximate surface area is 127 Å². The van der Waals surface area contributed by atoms with Crippen LogP contribution >= 0.6 is 39.1 Å². The van der Waals surface area contributed by atoms with Crippen LogP contribution in [0.4, 0.5) is 10.1 Å². The molecule has 0 saturated heterocycles. The van der Waals surface area contributed by atoms with Crippen molar-refractivity contribution in [2.45, 2.75) is 0 Å². The number of hydrogen-bond donors (Lipinski definition) is 1. The van der Waals surface area contributed by atoms with Crippen molar-refractivity contribution in [3.8, 4) is 0 Å². The van der Waals surface area contributed by atoms with Gasteiger partial charge in [-0.2, -0.15) is 0 Å². The molecule has 0 bridgehead atoms. The molecular formula is C13H7BrCl2FNO. The summed E-state index contributed by atoms with van der Waals surface area (Å²) in [5.74, 6) is -1.13. The summed E-state index contributed by atoms with van der Waals surface area (Å²) in [4.78, 5) is 12.0. The molecule has 0 spiro atoms. The smallest absolute Gasteiger partial charge is 0.257 e. The Kier molecular flexibility index (Phi) is 4.45. The summed E-state index contributed by atoms with van der Waals surface area (Å²) >= 11 is 14.8. The number of amides is 1. The van der Waals surface area contributed by atoms with Gasteiger partial charge in [-0.3, -0.25) is 4.79 Å². The van der Waals surface area contributed by atoms with Gasteiger partial charge in [0.2, 0.25) is 0 Å². The first-order chi connectivity index (χ1) is 8.99. The molecule has 0 saturated carbocycles. The maximum atomic E-state index is 13.3. The van der Waals surface area contributed by atoms with Gasteiger partial charge in [0.1, 0.15) is 5.82 Å². The van der Waals surface area contributed by atoms with Crippen molar-refractivity contribution in [1.29, 1.82) is 0 Å². The standard InChI is InChI=1S/C13H7BrCl2FNO/c14-9-6-7(15)4-5-11(9)18-13(19)8-2-1-3-10(17)12(8)16/h1-6H,(H,18,19). The van der Waals surface area contributed by atoms with Gasteiger partial charge in [0, 0.05) is 9.50 Å². The van der Waals surface area contributed by atoms with E-state index in [1.165, 1.54) is 18.2 Å². The van der Waals surface area contributed by atoms with Gasteiger partial charge >= 0.3 is 0 Å². The molecule has 2 nitrogen and oxygen atoms in total. The normalized spacial score (nSPS) is 10.3. The van der Waals surface area contributed by atoms with Gasteiger partial charge < -0.3 is 5.32 Å². The molecule has 2 rings (SSSR count). The third-order valence-corrected chi connectivity index (χ3v) is 3.65. The summed E-state index contributed by atoms with van der Waals surface area (Å²) in [6, 6.07) is 8.98. The van der Waals surface area contributed by atoms with Gasteiger partial charge in [0.05, 0.1) is 16.3 Å². The first-order valence-corrected chi connectivity index (χ1v) is 6.74. The third-order valence-electron chi connectivity index (χ3n) is 2.38. The Bertz CT molecular complexity index is 649. The van der Waals surface area contributed by atoms with Crippen LogP contribution in [0.2, 0.25) is 10.0 Å². The molecule has 2 aromatic rings. The number of carbonyl (C=O) groups is 1. The first kappa shape index (κ1) is 14.3. The lowest BCUT2D eigenvalue weighted by atomic mass is 10.2. The summed E-state index contributed by atoms with van der Waals surface area (Å²) < 4.78 is 13.9. The van der Waals surface area contributed by atoms with Crippen molar-refractivity contribution in [1.82, 2.24) is 0 Å². The lowest BCUT2D eigenvalue weighted by Gasteiger charge is -2.09. The largest absolute Gasteiger partial charge is 0.321 e. The zero-order valence-electron chi connectivity index (χ0n) is 9.38. The van der Waals surface area contributed by atoms with Crippen LogP contribution in [-0.4, -0.2) is 5.91 Å². The fourth-order valence-electron chi connectivity index (χ4n) is 1.46. The number of halogens is 4. The van der Waals surface area contributed by atoms with Crippen LogP contribution in [-0.2, 0) is 0 Å². The highest BCUT2D eigenvalue weighted by atomic mass is 79.9. The van der Waals surface area contributed by atoms with Crippen LogP contribution in [0.15, 0.2) is 40.9 Å². The lowest BCUT2D eigenvalue weighted by Crippen LogP contribution is -2.13. The number of carbonyl (C=O) groups excluding carboxylic acids is 1. The van der Waals surface area contributed by atoms with Crippen molar-refractivity contribution >= 4 is 50.7 Å². The van der Waals surface area contributed by atoms with E-state index in [1.807, 2.05) is 0 Å². The zero-order valence-corrected chi connectivity index (χ0v) is 12.5. The number of hydrogen-bond acceptors (Lipinski definition) is 1. The van der Waals surface area contributed by atoms with E-state index in [0.29, 0.717) is 15.2 Å². The van der Waals surface area contributed by atoms with E-state index in [4.69, 9.17) is 23.2 Å². The minimum atomic E-state index is -0.635. The second kappa shape index (κ2) is 5.90. The average Bonchev–Trinajstić information content (AvgIpc) is 2.36. The van der Waals surface area contributed by atoms with Crippen LogP contribution < -0.4 is 5.32 Å². The van der Waals surface area contributed by atoms with E-state index in [2.05, 4.69) is 21.2 Å². The topological polar surface area (TPSA) is 29.1 Å². The third kappa shape index (κ3) is 3.26. The van der Waals surface area contributed by atoms with Crippen molar-refractivity contribution in [3.05, 3.63) is 62.3 Å². The summed E-state index contributed by atoms with van der Waals surface area (Å²) in [7, 11) is 0. The highest BCUT2D eigenvalue weighted by Crippen LogP contribution is 2.27. The van der Waals surface area contributed by atoms with E-state index >= 15 is 0 Å². The number of benzene rings is 2.